The summed E-state index contributed by atoms with van der Waals surface area (Å²) in [7, 11) is -3.50. The minimum atomic E-state index is -3.50. The van der Waals surface area contributed by atoms with Crippen LogP contribution in [0.2, 0.25) is 0 Å². The summed E-state index contributed by atoms with van der Waals surface area (Å²) in [6.45, 7) is 3.57. The Morgan fingerprint density at radius 3 is 2.35 bits per heavy atom. The van der Waals surface area contributed by atoms with Crippen LogP contribution in [0.4, 0.5) is 0 Å². The van der Waals surface area contributed by atoms with Gasteiger partial charge >= 0.3 is 0 Å². The molecule has 1 amide bonds. The van der Waals surface area contributed by atoms with Gasteiger partial charge in [-0.05, 0) is 37.5 Å². The lowest BCUT2D eigenvalue weighted by atomic mass is 10.1. The Bertz CT molecular complexity index is 849. The van der Waals surface area contributed by atoms with Crippen molar-refractivity contribution in [2.45, 2.75) is 43.4 Å². The molecule has 0 saturated carbocycles. The van der Waals surface area contributed by atoms with E-state index >= 15 is 0 Å². The Balaban J connectivity index is 1.66. The Kier molecular flexibility index (Phi) is 6.11. The summed E-state index contributed by atoms with van der Waals surface area (Å²) in [6.07, 6.45) is 3.94. The first-order valence-corrected chi connectivity index (χ1v) is 11.2. The Morgan fingerprint density at radius 1 is 1.04 bits per heavy atom. The third-order valence-electron chi connectivity index (χ3n) is 4.54. The molecule has 1 aliphatic rings. The van der Waals surface area contributed by atoms with Crippen molar-refractivity contribution in [3.8, 4) is 0 Å². The molecule has 0 atom stereocenters. The largest absolute Gasteiger partial charge is 0.347 e. The molecule has 7 heteroatoms. The van der Waals surface area contributed by atoms with Crippen LogP contribution in [0.5, 0.6) is 0 Å². The molecule has 0 unspecified atom stereocenters. The third kappa shape index (κ3) is 4.52. The normalized spacial score (nSPS) is 16.2. The van der Waals surface area contributed by atoms with Crippen LogP contribution in [-0.4, -0.2) is 31.7 Å². The van der Waals surface area contributed by atoms with Gasteiger partial charge in [0.05, 0.1) is 4.88 Å². The molecule has 2 heterocycles. The highest BCUT2D eigenvalue weighted by Crippen LogP contribution is 2.26. The fourth-order valence-electron chi connectivity index (χ4n) is 2.97. The molecule has 26 heavy (non-hydrogen) atoms. The van der Waals surface area contributed by atoms with Crippen molar-refractivity contribution in [2.75, 3.05) is 13.1 Å². The van der Waals surface area contributed by atoms with Gasteiger partial charge in [-0.2, -0.15) is 4.31 Å². The van der Waals surface area contributed by atoms with E-state index in [-0.39, 0.29) is 10.1 Å². The molecule has 0 aliphatic carbocycles. The maximum Gasteiger partial charge on any atom is 0.261 e. The van der Waals surface area contributed by atoms with Crippen molar-refractivity contribution in [3.05, 3.63) is 52.4 Å². The lowest BCUT2D eigenvalue weighted by Crippen LogP contribution is -2.31. The van der Waals surface area contributed by atoms with E-state index in [4.69, 9.17) is 0 Å². The second-order valence-corrected chi connectivity index (χ2v) is 9.85. The van der Waals surface area contributed by atoms with Crippen LogP contribution in [0.1, 0.15) is 46.5 Å². The second kappa shape index (κ2) is 8.33. The highest BCUT2D eigenvalue weighted by Gasteiger charge is 2.27. The Labute approximate surface area is 159 Å². The molecule has 0 bridgehead atoms. The number of hydrogen-bond donors (Lipinski definition) is 1. The molecule has 1 aromatic heterocycles. The zero-order valence-electron chi connectivity index (χ0n) is 14.9. The number of benzene rings is 1. The molecule has 2 aromatic rings. The minimum Gasteiger partial charge on any atom is -0.347 e. The van der Waals surface area contributed by atoms with E-state index in [0.717, 1.165) is 42.6 Å². The van der Waals surface area contributed by atoms with Gasteiger partial charge in [0, 0.05) is 19.6 Å². The zero-order valence-corrected chi connectivity index (χ0v) is 16.5. The molecule has 0 spiro atoms. The predicted octanol–water partition coefficient (Wildman–Crippen LogP) is 3.55. The first-order chi connectivity index (χ1) is 12.5. The van der Waals surface area contributed by atoms with Crippen LogP contribution in [0.3, 0.4) is 0 Å². The molecule has 140 valence electrons. The molecule has 3 rings (SSSR count). The number of aryl methyl sites for hydroxylation is 1. The van der Waals surface area contributed by atoms with Gasteiger partial charge in [0.2, 0.25) is 0 Å². The number of sulfonamides is 1. The van der Waals surface area contributed by atoms with E-state index in [2.05, 4.69) is 5.32 Å². The van der Waals surface area contributed by atoms with Crippen LogP contribution >= 0.6 is 11.3 Å². The SMILES string of the molecule is Cc1ccc(CNC(=O)c2ccc(S(=O)(=O)N3CCCCCC3)s2)cc1. The van der Waals surface area contributed by atoms with Crippen molar-refractivity contribution in [2.24, 2.45) is 0 Å². The molecule has 1 fully saturated rings. The number of nitrogens with zero attached hydrogens (tertiary/aromatic N) is 1. The summed E-state index contributed by atoms with van der Waals surface area (Å²) in [6, 6.07) is 11.1. The number of thiophene rings is 1. The molecule has 5 nitrogen and oxygen atoms in total. The van der Waals surface area contributed by atoms with E-state index in [1.807, 2.05) is 31.2 Å². The van der Waals surface area contributed by atoms with Crippen LogP contribution in [0.15, 0.2) is 40.6 Å². The number of carbonyl (C=O) groups is 1. The fourth-order valence-corrected chi connectivity index (χ4v) is 5.86. The van der Waals surface area contributed by atoms with Crippen molar-refractivity contribution in [1.82, 2.24) is 9.62 Å². The van der Waals surface area contributed by atoms with Gasteiger partial charge < -0.3 is 5.32 Å². The number of rotatable bonds is 5. The van der Waals surface area contributed by atoms with Gasteiger partial charge in [0.25, 0.3) is 15.9 Å². The molecule has 0 radical (unpaired) electrons. The van der Waals surface area contributed by atoms with Crippen LogP contribution < -0.4 is 5.32 Å². The lowest BCUT2D eigenvalue weighted by Gasteiger charge is -2.18. The first-order valence-electron chi connectivity index (χ1n) is 8.90. The maximum absolute atomic E-state index is 12.8. The van der Waals surface area contributed by atoms with E-state index < -0.39 is 10.0 Å². The second-order valence-electron chi connectivity index (χ2n) is 6.61. The van der Waals surface area contributed by atoms with Crippen LogP contribution in [-0.2, 0) is 16.6 Å². The van der Waals surface area contributed by atoms with Crippen molar-refractivity contribution in [1.29, 1.82) is 0 Å². The lowest BCUT2D eigenvalue weighted by molar-refractivity contribution is 0.0955. The number of amides is 1. The van der Waals surface area contributed by atoms with Gasteiger partial charge in [0.15, 0.2) is 0 Å². The molecular weight excluding hydrogens is 368 g/mol. The number of carbonyl (C=O) groups excluding carboxylic acids is 1. The van der Waals surface area contributed by atoms with Crippen LogP contribution in [0, 0.1) is 6.92 Å². The van der Waals surface area contributed by atoms with E-state index in [1.54, 1.807) is 16.4 Å². The minimum absolute atomic E-state index is 0.243. The van der Waals surface area contributed by atoms with E-state index in [9.17, 15) is 13.2 Å². The number of nitrogens with one attached hydrogen (secondary N) is 1. The summed E-state index contributed by atoms with van der Waals surface area (Å²) in [4.78, 5) is 12.8. The van der Waals surface area contributed by atoms with E-state index in [0.29, 0.717) is 24.5 Å². The quantitative estimate of drug-likeness (QED) is 0.846. The Hall–Kier alpha value is -1.70. The average Bonchev–Trinajstić information content (AvgIpc) is 2.97. The molecule has 1 aliphatic heterocycles. The Morgan fingerprint density at radius 2 is 1.69 bits per heavy atom. The summed E-state index contributed by atoms with van der Waals surface area (Å²) in [5, 5.41) is 2.85. The summed E-state index contributed by atoms with van der Waals surface area (Å²) < 4.78 is 27.4. The topological polar surface area (TPSA) is 66.5 Å². The molecule has 1 saturated heterocycles. The first kappa shape index (κ1) is 19.1. The fraction of sp³-hybridized carbons (Fsp3) is 0.421. The third-order valence-corrected chi connectivity index (χ3v) is 7.99. The van der Waals surface area contributed by atoms with Gasteiger partial charge in [-0.25, -0.2) is 8.42 Å². The van der Waals surface area contributed by atoms with Crippen molar-refractivity contribution < 1.29 is 13.2 Å². The van der Waals surface area contributed by atoms with E-state index in [1.165, 1.54) is 5.56 Å². The highest BCUT2D eigenvalue weighted by atomic mass is 32.2. The molecule has 1 N–H and O–H groups in total. The summed E-state index contributed by atoms with van der Waals surface area (Å²) >= 11 is 1.04. The molecule has 1 aromatic carbocycles. The zero-order chi connectivity index (χ0) is 18.6. The summed E-state index contributed by atoms with van der Waals surface area (Å²) in [5.41, 5.74) is 2.18. The van der Waals surface area contributed by atoms with Crippen molar-refractivity contribution in [3.63, 3.8) is 0 Å². The van der Waals surface area contributed by atoms with Gasteiger partial charge in [-0.3, -0.25) is 4.79 Å². The monoisotopic (exact) mass is 392 g/mol. The van der Waals surface area contributed by atoms with Gasteiger partial charge in [0.1, 0.15) is 4.21 Å². The standard InChI is InChI=1S/C19H24N2O3S2/c1-15-6-8-16(9-7-15)14-20-19(22)17-10-11-18(25-17)26(23,24)21-12-4-2-3-5-13-21/h6-11H,2-5,12-14H2,1H3,(H,20,22). The maximum atomic E-state index is 12.8. The molecular formula is C19H24N2O3S2. The average molecular weight is 393 g/mol. The smallest absolute Gasteiger partial charge is 0.261 e. The highest BCUT2D eigenvalue weighted by molar-refractivity contribution is 7.91. The number of hydrogen-bond acceptors (Lipinski definition) is 4. The van der Waals surface area contributed by atoms with Gasteiger partial charge in [-0.1, -0.05) is 42.7 Å². The summed E-state index contributed by atoms with van der Waals surface area (Å²) in [5.74, 6) is -0.243. The van der Waals surface area contributed by atoms with Crippen LogP contribution in [0.25, 0.3) is 0 Å². The van der Waals surface area contributed by atoms with Crippen molar-refractivity contribution >= 4 is 27.3 Å². The predicted molar refractivity (Wildman–Crippen MR) is 104 cm³/mol. The van der Waals surface area contributed by atoms with Gasteiger partial charge in [-0.15, -0.1) is 11.3 Å².